The number of esters is 1. The molecule has 3 aromatic carbocycles. The fourth-order valence-electron chi connectivity index (χ4n) is 4.67. The van der Waals surface area contributed by atoms with Crippen LogP contribution in [-0.4, -0.2) is 18.9 Å². The van der Waals surface area contributed by atoms with Crippen LogP contribution in [0.2, 0.25) is 10.0 Å². The molecule has 2 atom stereocenters. The predicted octanol–water partition coefficient (Wildman–Crippen LogP) is 6.76. The summed E-state index contributed by atoms with van der Waals surface area (Å²) in [7, 11) is 1.35. The SMILES string of the molecule is COC(=O)c1ccc([C@H]2Nc3ccc(Cl)cc3NC3=C2C(=O)C[C@H](c2ccc(Cl)cc2)C3)cc1. The van der Waals surface area contributed by atoms with E-state index in [2.05, 4.69) is 10.6 Å². The van der Waals surface area contributed by atoms with E-state index in [-0.39, 0.29) is 17.7 Å². The number of methoxy groups -OCH3 is 1. The molecule has 34 heavy (non-hydrogen) atoms. The molecule has 1 heterocycles. The van der Waals surface area contributed by atoms with Gasteiger partial charge in [0.15, 0.2) is 5.78 Å². The molecule has 0 bridgehead atoms. The lowest BCUT2D eigenvalue weighted by Crippen LogP contribution is -2.26. The minimum absolute atomic E-state index is 0.0408. The summed E-state index contributed by atoms with van der Waals surface area (Å²) in [5.41, 5.74) is 5.64. The number of carbonyl (C=O) groups is 2. The number of fused-ring (bicyclic) bond motifs is 1. The van der Waals surface area contributed by atoms with Crippen LogP contribution in [0.5, 0.6) is 0 Å². The van der Waals surface area contributed by atoms with Crippen LogP contribution >= 0.6 is 23.2 Å². The average Bonchev–Trinajstić information content (AvgIpc) is 3.00. The van der Waals surface area contributed by atoms with Crippen LogP contribution in [0.15, 0.2) is 78.0 Å². The van der Waals surface area contributed by atoms with Gasteiger partial charge in [-0.1, -0.05) is 47.5 Å². The fraction of sp³-hybridized carbons (Fsp3) is 0.185. The van der Waals surface area contributed by atoms with Crippen LogP contribution in [0.1, 0.15) is 46.3 Å². The minimum atomic E-state index is -0.401. The van der Waals surface area contributed by atoms with E-state index in [9.17, 15) is 9.59 Å². The first kappa shape index (κ1) is 22.5. The maximum atomic E-state index is 13.6. The zero-order chi connectivity index (χ0) is 23.8. The van der Waals surface area contributed by atoms with Gasteiger partial charge in [0.1, 0.15) is 0 Å². The lowest BCUT2D eigenvalue weighted by atomic mass is 9.78. The molecule has 7 heteroatoms. The lowest BCUT2D eigenvalue weighted by molar-refractivity contribution is -0.116. The van der Waals surface area contributed by atoms with Crippen molar-refractivity contribution in [1.82, 2.24) is 0 Å². The Kier molecular flexibility index (Phi) is 6.07. The summed E-state index contributed by atoms with van der Waals surface area (Å²) in [6.07, 6.45) is 1.07. The second kappa shape index (κ2) is 9.16. The Morgan fingerprint density at radius 3 is 2.26 bits per heavy atom. The van der Waals surface area contributed by atoms with Crippen LogP contribution in [0.4, 0.5) is 11.4 Å². The molecule has 5 rings (SSSR count). The van der Waals surface area contributed by atoms with E-state index in [1.165, 1.54) is 7.11 Å². The van der Waals surface area contributed by atoms with Gasteiger partial charge in [-0.25, -0.2) is 4.79 Å². The molecule has 0 unspecified atom stereocenters. The Labute approximate surface area is 207 Å². The third kappa shape index (κ3) is 4.29. The van der Waals surface area contributed by atoms with Crippen molar-refractivity contribution >= 4 is 46.3 Å². The fourth-order valence-corrected chi connectivity index (χ4v) is 4.97. The molecular formula is C27H22Cl2N2O3. The number of halogens is 2. The first-order valence-electron chi connectivity index (χ1n) is 11.0. The highest BCUT2D eigenvalue weighted by Crippen LogP contribution is 2.44. The molecule has 0 aromatic heterocycles. The Balaban J connectivity index is 1.58. The van der Waals surface area contributed by atoms with E-state index >= 15 is 0 Å². The topological polar surface area (TPSA) is 67.4 Å². The molecule has 172 valence electrons. The molecule has 1 aliphatic carbocycles. The monoisotopic (exact) mass is 492 g/mol. The highest BCUT2D eigenvalue weighted by molar-refractivity contribution is 6.31. The summed E-state index contributed by atoms with van der Waals surface area (Å²) < 4.78 is 4.81. The van der Waals surface area contributed by atoms with Crippen molar-refractivity contribution in [2.45, 2.75) is 24.8 Å². The molecule has 5 nitrogen and oxygen atoms in total. The zero-order valence-corrected chi connectivity index (χ0v) is 19.9. The molecule has 0 radical (unpaired) electrons. The summed E-state index contributed by atoms with van der Waals surface area (Å²) in [5, 5.41) is 8.29. The standard InChI is InChI=1S/C27H22Cl2N2O3/c1-34-27(33)17-4-2-16(3-5-17)26-25-23(30-22-14-20(29)10-11-21(22)31-26)12-18(13-24(25)32)15-6-8-19(28)9-7-15/h2-11,14,18,26,30-31H,12-13H2,1H3/t18-,26-/m1/s1. The molecule has 2 aliphatic rings. The molecule has 0 amide bonds. The van der Waals surface area contributed by atoms with Gasteiger partial charge < -0.3 is 15.4 Å². The Morgan fingerprint density at radius 2 is 1.56 bits per heavy atom. The molecule has 0 fully saturated rings. The van der Waals surface area contributed by atoms with Crippen molar-refractivity contribution in [3.8, 4) is 0 Å². The van der Waals surface area contributed by atoms with Gasteiger partial charge in [0.25, 0.3) is 0 Å². The van der Waals surface area contributed by atoms with Crippen molar-refractivity contribution in [2.24, 2.45) is 0 Å². The minimum Gasteiger partial charge on any atom is -0.465 e. The van der Waals surface area contributed by atoms with Crippen LogP contribution in [0.3, 0.4) is 0 Å². The highest BCUT2D eigenvalue weighted by Gasteiger charge is 2.36. The maximum Gasteiger partial charge on any atom is 0.337 e. The molecule has 3 aromatic rings. The summed E-state index contributed by atoms with van der Waals surface area (Å²) in [6, 6.07) is 20.0. The molecule has 1 aliphatic heterocycles. The van der Waals surface area contributed by atoms with Crippen molar-refractivity contribution in [3.63, 3.8) is 0 Å². The van der Waals surface area contributed by atoms with Crippen LogP contribution in [-0.2, 0) is 9.53 Å². The van der Waals surface area contributed by atoms with E-state index in [1.54, 1.807) is 12.1 Å². The van der Waals surface area contributed by atoms with Gasteiger partial charge in [-0.05, 0) is 65.9 Å². The van der Waals surface area contributed by atoms with Crippen molar-refractivity contribution in [1.29, 1.82) is 0 Å². The number of hydrogen-bond donors (Lipinski definition) is 2. The molecule has 0 saturated heterocycles. The number of hydrogen-bond acceptors (Lipinski definition) is 5. The van der Waals surface area contributed by atoms with E-state index in [0.717, 1.165) is 28.2 Å². The predicted molar refractivity (Wildman–Crippen MR) is 135 cm³/mol. The second-order valence-corrected chi connectivity index (χ2v) is 9.35. The quantitative estimate of drug-likeness (QED) is 0.395. The number of allylic oxidation sites excluding steroid dienone is 1. The van der Waals surface area contributed by atoms with Crippen LogP contribution in [0.25, 0.3) is 0 Å². The average molecular weight is 493 g/mol. The lowest BCUT2D eigenvalue weighted by Gasteiger charge is -2.30. The van der Waals surface area contributed by atoms with Crippen molar-refractivity contribution in [2.75, 3.05) is 17.7 Å². The number of carbonyl (C=O) groups excluding carboxylic acids is 2. The Bertz CT molecular complexity index is 1300. The van der Waals surface area contributed by atoms with Gasteiger partial charge in [0, 0.05) is 27.7 Å². The largest absolute Gasteiger partial charge is 0.465 e. The van der Waals surface area contributed by atoms with Crippen LogP contribution in [0, 0.1) is 0 Å². The van der Waals surface area contributed by atoms with Gasteiger partial charge in [-0.3, -0.25) is 4.79 Å². The number of anilines is 2. The summed E-state index contributed by atoms with van der Waals surface area (Å²) in [5.74, 6) is -0.289. The maximum absolute atomic E-state index is 13.6. The van der Waals surface area contributed by atoms with E-state index in [1.807, 2.05) is 54.6 Å². The first-order valence-corrected chi connectivity index (χ1v) is 11.7. The van der Waals surface area contributed by atoms with Crippen LogP contribution < -0.4 is 10.6 Å². The number of nitrogens with one attached hydrogen (secondary N) is 2. The number of ketones is 1. The van der Waals surface area contributed by atoms with Crippen molar-refractivity contribution in [3.05, 3.63) is 105 Å². The van der Waals surface area contributed by atoms with Gasteiger partial charge >= 0.3 is 5.97 Å². The number of benzene rings is 3. The van der Waals surface area contributed by atoms with E-state index < -0.39 is 5.97 Å². The van der Waals surface area contributed by atoms with Crippen molar-refractivity contribution < 1.29 is 14.3 Å². The highest BCUT2D eigenvalue weighted by atomic mass is 35.5. The second-order valence-electron chi connectivity index (χ2n) is 8.48. The Morgan fingerprint density at radius 1 is 0.882 bits per heavy atom. The molecule has 0 saturated carbocycles. The van der Waals surface area contributed by atoms with E-state index in [4.69, 9.17) is 27.9 Å². The van der Waals surface area contributed by atoms with Gasteiger partial charge in [0.05, 0.1) is 30.1 Å². The molecule has 0 spiro atoms. The smallest absolute Gasteiger partial charge is 0.337 e. The van der Waals surface area contributed by atoms with Gasteiger partial charge in [-0.2, -0.15) is 0 Å². The summed E-state index contributed by atoms with van der Waals surface area (Å²) in [6.45, 7) is 0. The summed E-state index contributed by atoms with van der Waals surface area (Å²) in [4.78, 5) is 25.5. The molecular weight excluding hydrogens is 471 g/mol. The Hall–Kier alpha value is -3.28. The van der Waals surface area contributed by atoms with E-state index in [0.29, 0.717) is 34.0 Å². The molecule has 2 N–H and O–H groups in total. The number of ether oxygens (including phenoxy) is 1. The normalized spacial score (nSPS) is 19.3. The number of rotatable bonds is 3. The first-order chi connectivity index (χ1) is 16.4. The third-order valence-electron chi connectivity index (χ3n) is 6.37. The van der Waals surface area contributed by atoms with Gasteiger partial charge in [0.2, 0.25) is 0 Å². The van der Waals surface area contributed by atoms with Gasteiger partial charge in [-0.15, -0.1) is 0 Å². The zero-order valence-electron chi connectivity index (χ0n) is 18.4. The third-order valence-corrected chi connectivity index (χ3v) is 6.86. The summed E-state index contributed by atoms with van der Waals surface area (Å²) >= 11 is 12.4. The number of Topliss-reactive ketones (excluding diaryl/α,β-unsaturated/α-hetero) is 1.